The molecule has 98 valence electrons. The van der Waals surface area contributed by atoms with Gasteiger partial charge in [-0.3, -0.25) is 9.59 Å². The molecule has 1 atom stereocenters. The number of nitrogens with one attached hydrogen (secondary N) is 1. The van der Waals surface area contributed by atoms with Gasteiger partial charge < -0.3 is 10.4 Å². The molecule has 18 heavy (non-hydrogen) atoms. The number of hydrogen-bond acceptors (Lipinski definition) is 2. The van der Waals surface area contributed by atoms with Crippen LogP contribution in [0.1, 0.15) is 35.7 Å². The number of carboxylic acids is 1. The van der Waals surface area contributed by atoms with Gasteiger partial charge in [-0.1, -0.05) is 6.92 Å². The first-order valence-electron chi connectivity index (χ1n) is 5.72. The molecule has 0 aliphatic carbocycles. The molecule has 4 nitrogen and oxygen atoms in total. The highest BCUT2D eigenvalue weighted by molar-refractivity contribution is 5.96. The number of halogens is 1. The van der Waals surface area contributed by atoms with Crippen LogP contribution in [0.4, 0.5) is 4.39 Å². The van der Waals surface area contributed by atoms with Gasteiger partial charge in [-0.15, -0.1) is 0 Å². The molecule has 0 saturated heterocycles. The second kappa shape index (κ2) is 6.14. The van der Waals surface area contributed by atoms with Crippen molar-refractivity contribution in [3.05, 3.63) is 35.1 Å². The summed E-state index contributed by atoms with van der Waals surface area (Å²) >= 11 is 0. The van der Waals surface area contributed by atoms with E-state index in [1.54, 1.807) is 13.8 Å². The molecular formula is C13H16FNO3. The van der Waals surface area contributed by atoms with E-state index < -0.39 is 17.8 Å². The lowest BCUT2D eigenvalue weighted by atomic mass is 10.1. The number of carboxylic acid groups (broad SMARTS) is 1. The molecule has 1 unspecified atom stereocenters. The number of carbonyl (C=O) groups excluding carboxylic acids is 1. The van der Waals surface area contributed by atoms with Gasteiger partial charge in [-0.2, -0.15) is 0 Å². The van der Waals surface area contributed by atoms with Crippen molar-refractivity contribution in [2.24, 2.45) is 0 Å². The summed E-state index contributed by atoms with van der Waals surface area (Å²) in [5.41, 5.74) is 0.887. The van der Waals surface area contributed by atoms with E-state index in [2.05, 4.69) is 5.32 Å². The van der Waals surface area contributed by atoms with E-state index in [9.17, 15) is 14.0 Å². The van der Waals surface area contributed by atoms with Crippen LogP contribution in [0.25, 0.3) is 0 Å². The van der Waals surface area contributed by atoms with Crippen molar-refractivity contribution in [3.63, 3.8) is 0 Å². The Hall–Kier alpha value is -1.91. The maximum absolute atomic E-state index is 12.9. The quantitative estimate of drug-likeness (QED) is 0.844. The molecular weight excluding hydrogens is 237 g/mol. The first-order chi connectivity index (χ1) is 8.43. The first-order valence-corrected chi connectivity index (χ1v) is 5.72. The van der Waals surface area contributed by atoms with Crippen LogP contribution in [-0.2, 0) is 4.79 Å². The number of benzene rings is 1. The predicted octanol–water partition coefficient (Wildman–Crippen LogP) is 2.12. The van der Waals surface area contributed by atoms with Gasteiger partial charge in [0.2, 0.25) is 0 Å². The van der Waals surface area contributed by atoms with Crippen molar-refractivity contribution in [3.8, 4) is 0 Å². The maximum atomic E-state index is 12.9. The van der Waals surface area contributed by atoms with Crippen molar-refractivity contribution in [1.82, 2.24) is 5.32 Å². The minimum atomic E-state index is -0.960. The smallest absolute Gasteiger partial charge is 0.305 e. The summed E-state index contributed by atoms with van der Waals surface area (Å²) in [5, 5.41) is 11.3. The molecule has 0 radical (unpaired) electrons. The number of carbonyl (C=O) groups is 2. The van der Waals surface area contributed by atoms with Crippen LogP contribution in [0.5, 0.6) is 0 Å². The SMILES string of the molecule is CCC(CC(=O)O)NC(=O)c1ccc(F)cc1C. The van der Waals surface area contributed by atoms with Crippen LogP contribution < -0.4 is 5.32 Å². The van der Waals surface area contributed by atoms with E-state index in [1.165, 1.54) is 18.2 Å². The number of aryl methyl sites for hydroxylation is 1. The number of hydrogen-bond donors (Lipinski definition) is 2. The minimum Gasteiger partial charge on any atom is -0.481 e. The Labute approximate surface area is 105 Å². The monoisotopic (exact) mass is 253 g/mol. The highest BCUT2D eigenvalue weighted by atomic mass is 19.1. The molecule has 0 aliphatic rings. The normalized spacial score (nSPS) is 11.9. The summed E-state index contributed by atoms with van der Waals surface area (Å²) in [7, 11) is 0. The minimum absolute atomic E-state index is 0.123. The number of amides is 1. The third-order valence-corrected chi connectivity index (χ3v) is 2.68. The number of rotatable bonds is 5. The van der Waals surface area contributed by atoms with Gasteiger partial charge in [0.25, 0.3) is 5.91 Å². The Morgan fingerprint density at radius 2 is 2.11 bits per heavy atom. The fourth-order valence-electron chi connectivity index (χ4n) is 1.65. The van der Waals surface area contributed by atoms with Gasteiger partial charge in [0.05, 0.1) is 6.42 Å². The predicted molar refractivity (Wildman–Crippen MR) is 64.9 cm³/mol. The van der Waals surface area contributed by atoms with E-state index in [-0.39, 0.29) is 12.3 Å². The van der Waals surface area contributed by atoms with E-state index in [1.807, 2.05) is 0 Å². The molecule has 0 aliphatic heterocycles. The van der Waals surface area contributed by atoms with Crippen LogP contribution in [0.15, 0.2) is 18.2 Å². The molecule has 0 spiro atoms. The first kappa shape index (κ1) is 14.2. The topological polar surface area (TPSA) is 66.4 Å². The van der Waals surface area contributed by atoms with Crippen molar-refractivity contribution in [2.45, 2.75) is 32.7 Å². The molecule has 1 aromatic rings. The highest BCUT2D eigenvalue weighted by Crippen LogP contribution is 2.11. The highest BCUT2D eigenvalue weighted by Gasteiger charge is 2.16. The van der Waals surface area contributed by atoms with Crippen LogP contribution in [0.2, 0.25) is 0 Å². The zero-order chi connectivity index (χ0) is 13.7. The lowest BCUT2D eigenvalue weighted by molar-refractivity contribution is -0.137. The summed E-state index contributed by atoms with van der Waals surface area (Å²) in [6.07, 6.45) is 0.404. The summed E-state index contributed by atoms with van der Waals surface area (Å²) in [6.45, 7) is 3.43. The van der Waals surface area contributed by atoms with E-state index in [0.29, 0.717) is 17.5 Å². The zero-order valence-corrected chi connectivity index (χ0v) is 10.4. The van der Waals surface area contributed by atoms with E-state index in [4.69, 9.17) is 5.11 Å². The number of aliphatic carboxylic acids is 1. The van der Waals surface area contributed by atoms with Crippen LogP contribution in [-0.4, -0.2) is 23.0 Å². The molecule has 1 aromatic carbocycles. The third kappa shape index (κ3) is 3.84. The Bertz CT molecular complexity index is 460. The van der Waals surface area contributed by atoms with Crippen molar-refractivity contribution < 1.29 is 19.1 Å². The molecule has 5 heteroatoms. The van der Waals surface area contributed by atoms with Crippen LogP contribution in [0, 0.1) is 12.7 Å². The summed E-state index contributed by atoms with van der Waals surface area (Å²) in [4.78, 5) is 22.5. The van der Waals surface area contributed by atoms with Gasteiger partial charge in [0.15, 0.2) is 0 Å². The Morgan fingerprint density at radius 1 is 1.44 bits per heavy atom. The average Bonchev–Trinajstić information content (AvgIpc) is 2.27. The average molecular weight is 253 g/mol. The third-order valence-electron chi connectivity index (χ3n) is 2.68. The van der Waals surface area contributed by atoms with E-state index >= 15 is 0 Å². The lowest BCUT2D eigenvalue weighted by Gasteiger charge is -2.15. The van der Waals surface area contributed by atoms with E-state index in [0.717, 1.165) is 0 Å². The molecule has 2 N–H and O–H groups in total. The Kier molecular flexibility index (Phi) is 4.83. The second-order valence-corrected chi connectivity index (χ2v) is 4.14. The van der Waals surface area contributed by atoms with Crippen molar-refractivity contribution in [2.75, 3.05) is 0 Å². The molecule has 1 rings (SSSR count). The largest absolute Gasteiger partial charge is 0.481 e. The van der Waals surface area contributed by atoms with Gasteiger partial charge in [0.1, 0.15) is 5.82 Å². The Morgan fingerprint density at radius 3 is 2.61 bits per heavy atom. The molecule has 0 aromatic heterocycles. The van der Waals surface area contributed by atoms with Crippen molar-refractivity contribution in [1.29, 1.82) is 0 Å². The fraction of sp³-hybridized carbons (Fsp3) is 0.385. The van der Waals surface area contributed by atoms with Gasteiger partial charge in [-0.25, -0.2) is 4.39 Å². The van der Waals surface area contributed by atoms with Crippen LogP contribution >= 0.6 is 0 Å². The Balaban J connectivity index is 2.77. The van der Waals surface area contributed by atoms with Gasteiger partial charge in [0, 0.05) is 11.6 Å². The molecule has 0 saturated carbocycles. The van der Waals surface area contributed by atoms with Crippen LogP contribution in [0.3, 0.4) is 0 Å². The summed E-state index contributed by atoms with van der Waals surface area (Å²) in [5.74, 6) is -1.74. The summed E-state index contributed by atoms with van der Waals surface area (Å²) < 4.78 is 12.9. The summed E-state index contributed by atoms with van der Waals surface area (Å²) in [6, 6.07) is 3.46. The molecule has 1 amide bonds. The molecule has 0 heterocycles. The molecule has 0 bridgehead atoms. The van der Waals surface area contributed by atoms with Gasteiger partial charge in [-0.05, 0) is 37.1 Å². The van der Waals surface area contributed by atoms with Crippen molar-refractivity contribution >= 4 is 11.9 Å². The zero-order valence-electron chi connectivity index (χ0n) is 10.4. The fourth-order valence-corrected chi connectivity index (χ4v) is 1.65. The standard InChI is InChI=1S/C13H16FNO3/c1-3-10(7-12(16)17)15-13(18)11-5-4-9(14)6-8(11)2/h4-6,10H,3,7H2,1-2H3,(H,15,18)(H,16,17). The van der Waals surface area contributed by atoms with Gasteiger partial charge >= 0.3 is 5.97 Å². The maximum Gasteiger partial charge on any atom is 0.305 e. The second-order valence-electron chi connectivity index (χ2n) is 4.14. The molecule has 0 fully saturated rings. The lowest BCUT2D eigenvalue weighted by Crippen LogP contribution is -2.36.